The zero-order chi connectivity index (χ0) is 23.5. The average molecular weight is 462 g/mol. The topological polar surface area (TPSA) is 79.0 Å². The van der Waals surface area contributed by atoms with Crippen molar-refractivity contribution in [2.75, 3.05) is 63.6 Å². The SMILES string of the molecule is CCOc1cccc2c1C(Nc1ccc3cc(NC(=O)CN4CCN(C)CC4)ccc3n1)CO2. The van der Waals surface area contributed by atoms with Crippen LogP contribution in [-0.4, -0.2) is 73.7 Å². The van der Waals surface area contributed by atoms with Gasteiger partial charge in [0.2, 0.25) is 5.91 Å². The molecule has 8 heteroatoms. The number of benzene rings is 2. The summed E-state index contributed by atoms with van der Waals surface area (Å²) < 4.78 is 11.7. The van der Waals surface area contributed by atoms with Crippen LogP contribution in [-0.2, 0) is 4.79 Å². The highest BCUT2D eigenvalue weighted by Crippen LogP contribution is 2.40. The number of amides is 1. The Hall–Kier alpha value is -3.36. The van der Waals surface area contributed by atoms with Crippen LogP contribution in [0.15, 0.2) is 48.5 Å². The van der Waals surface area contributed by atoms with E-state index in [1.165, 1.54) is 0 Å². The van der Waals surface area contributed by atoms with Crippen LogP contribution in [0.4, 0.5) is 11.5 Å². The highest BCUT2D eigenvalue weighted by molar-refractivity contribution is 5.95. The second-order valence-corrected chi connectivity index (χ2v) is 8.84. The van der Waals surface area contributed by atoms with E-state index in [0.717, 1.165) is 65.6 Å². The fraction of sp³-hybridized carbons (Fsp3) is 0.385. The van der Waals surface area contributed by atoms with Crippen LogP contribution in [0.2, 0.25) is 0 Å². The fourth-order valence-electron chi connectivity index (χ4n) is 4.52. The number of likely N-dealkylation sites (N-methyl/N-ethyl adjacent to an activating group) is 1. The van der Waals surface area contributed by atoms with Crippen molar-refractivity contribution >= 4 is 28.3 Å². The van der Waals surface area contributed by atoms with Gasteiger partial charge in [-0.25, -0.2) is 4.98 Å². The normalized spacial score (nSPS) is 18.4. The Morgan fingerprint density at radius 3 is 2.82 bits per heavy atom. The van der Waals surface area contributed by atoms with Gasteiger partial charge in [0.1, 0.15) is 23.9 Å². The van der Waals surface area contributed by atoms with Gasteiger partial charge in [0, 0.05) is 37.3 Å². The number of pyridine rings is 1. The summed E-state index contributed by atoms with van der Waals surface area (Å²) >= 11 is 0. The lowest BCUT2D eigenvalue weighted by Gasteiger charge is -2.31. The molecule has 1 unspecified atom stereocenters. The maximum Gasteiger partial charge on any atom is 0.238 e. The molecule has 0 spiro atoms. The number of piperazine rings is 1. The minimum atomic E-state index is -0.0316. The second-order valence-electron chi connectivity index (χ2n) is 8.84. The Kier molecular flexibility index (Phi) is 6.51. The number of nitrogens with one attached hydrogen (secondary N) is 2. The van der Waals surface area contributed by atoms with E-state index in [4.69, 9.17) is 14.5 Å². The van der Waals surface area contributed by atoms with Crippen molar-refractivity contribution in [3.05, 3.63) is 54.1 Å². The molecular weight excluding hydrogens is 430 g/mol. The van der Waals surface area contributed by atoms with Gasteiger partial charge >= 0.3 is 0 Å². The number of aromatic nitrogens is 1. The van der Waals surface area contributed by atoms with E-state index in [0.29, 0.717) is 19.8 Å². The van der Waals surface area contributed by atoms with Crippen molar-refractivity contribution in [2.45, 2.75) is 13.0 Å². The Morgan fingerprint density at radius 1 is 1.15 bits per heavy atom. The first-order chi connectivity index (χ1) is 16.6. The van der Waals surface area contributed by atoms with Crippen LogP contribution in [0.3, 0.4) is 0 Å². The van der Waals surface area contributed by atoms with E-state index in [1.54, 1.807) is 0 Å². The molecule has 1 amide bonds. The lowest BCUT2D eigenvalue weighted by molar-refractivity contribution is -0.117. The van der Waals surface area contributed by atoms with Crippen molar-refractivity contribution in [2.24, 2.45) is 0 Å². The van der Waals surface area contributed by atoms with Crippen molar-refractivity contribution in [1.82, 2.24) is 14.8 Å². The summed E-state index contributed by atoms with van der Waals surface area (Å²) in [6.45, 7) is 7.36. The summed E-state index contributed by atoms with van der Waals surface area (Å²) in [6, 6.07) is 15.6. The molecular formula is C26H31N5O3. The molecule has 1 saturated heterocycles. The van der Waals surface area contributed by atoms with Crippen LogP contribution in [0.1, 0.15) is 18.5 Å². The van der Waals surface area contributed by atoms with E-state index in [1.807, 2.05) is 55.5 Å². The molecule has 0 radical (unpaired) electrons. The van der Waals surface area contributed by atoms with Crippen molar-refractivity contribution < 1.29 is 14.3 Å². The van der Waals surface area contributed by atoms with Crippen molar-refractivity contribution in [3.63, 3.8) is 0 Å². The third kappa shape index (κ3) is 4.93. The van der Waals surface area contributed by atoms with Crippen LogP contribution in [0, 0.1) is 0 Å². The van der Waals surface area contributed by atoms with E-state index < -0.39 is 0 Å². The predicted molar refractivity (Wildman–Crippen MR) is 134 cm³/mol. The number of fused-ring (bicyclic) bond motifs is 2. The molecule has 178 valence electrons. The molecule has 2 N–H and O–H groups in total. The van der Waals surface area contributed by atoms with Crippen LogP contribution in [0.25, 0.3) is 10.9 Å². The zero-order valence-electron chi connectivity index (χ0n) is 19.7. The van der Waals surface area contributed by atoms with Gasteiger partial charge in [-0.05, 0) is 56.4 Å². The van der Waals surface area contributed by atoms with Gasteiger partial charge in [0.05, 0.1) is 30.3 Å². The maximum absolute atomic E-state index is 12.5. The first kappa shape index (κ1) is 22.4. The van der Waals surface area contributed by atoms with E-state index in [2.05, 4.69) is 27.5 Å². The molecule has 2 aromatic carbocycles. The minimum Gasteiger partial charge on any atom is -0.493 e. The number of nitrogens with zero attached hydrogens (tertiary/aromatic N) is 3. The van der Waals surface area contributed by atoms with Gasteiger partial charge in [0.25, 0.3) is 0 Å². The molecule has 0 saturated carbocycles. The molecule has 1 atom stereocenters. The van der Waals surface area contributed by atoms with Gasteiger partial charge in [0.15, 0.2) is 0 Å². The monoisotopic (exact) mass is 461 g/mol. The molecule has 1 aromatic heterocycles. The molecule has 3 heterocycles. The standard InChI is InChI=1S/C26H31N5O3/c1-3-33-22-5-4-6-23-26(22)21(17-34-23)29-24-10-7-18-15-19(8-9-20(18)28-24)27-25(32)16-31-13-11-30(2)12-14-31/h4-10,15,21H,3,11-14,16-17H2,1-2H3,(H,27,32)(H,28,29). The van der Waals surface area contributed by atoms with Gasteiger partial charge in [-0.15, -0.1) is 0 Å². The first-order valence-electron chi connectivity index (χ1n) is 11.9. The number of hydrogen-bond acceptors (Lipinski definition) is 7. The Labute approximate surface area is 199 Å². The Morgan fingerprint density at radius 2 is 2.00 bits per heavy atom. The molecule has 34 heavy (non-hydrogen) atoms. The van der Waals surface area contributed by atoms with Gasteiger partial charge in [-0.3, -0.25) is 9.69 Å². The van der Waals surface area contributed by atoms with Crippen molar-refractivity contribution in [3.8, 4) is 11.5 Å². The molecule has 2 aliphatic heterocycles. The molecule has 0 aliphatic carbocycles. The lowest BCUT2D eigenvalue weighted by atomic mass is 10.1. The molecule has 3 aromatic rings. The lowest BCUT2D eigenvalue weighted by Crippen LogP contribution is -2.47. The number of carbonyl (C=O) groups is 1. The van der Waals surface area contributed by atoms with Gasteiger partial charge in [-0.2, -0.15) is 0 Å². The molecule has 5 rings (SSSR count). The third-order valence-corrected chi connectivity index (χ3v) is 6.34. The largest absolute Gasteiger partial charge is 0.493 e. The summed E-state index contributed by atoms with van der Waals surface area (Å²) in [6.07, 6.45) is 0. The average Bonchev–Trinajstić information content (AvgIpc) is 3.24. The van der Waals surface area contributed by atoms with Crippen LogP contribution < -0.4 is 20.1 Å². The fourth-order valence-corrected chi connectivity index (χ4v) is 4.52. The van der Waals surface area contributed by atoms with Crippen molar-refractivity contribution in [1.29, 1.82) is 0 Å². The predicted octanol–water partition coefficient (Wildman–Crippen LogP) is 3.37. The molecule has 8 nitrogen and oxygen atoms in total. The summed E-state index contributed by atoms with van der Waals surface area (Å²) in [5.74, 6) is 2.47. The van der Waals surface area contributed by atoms with Crippen LogP contribution >= 0.6 is 0 Å². The minimum absolute atomic E-state index is 0.0140. The second kappa shape index (κ2) is 9.87. The maximum atomic E-state index is 12.5. The Bertz CT molecular complexity index is 1180. The molecule has 1 fully saturated rings. The third-order valence-electron chi connectivity index (χ3n) is 6.34. The zero-order valence-corrected chi connectivity index (χ0v) is 19.7. The number of anilines is 2. The van der Waals surface area contributed by atoms with E-state index in [-0.39, 0.29) is 11.9 Å². The summed E-state index contributed by atoms with van der Waals surface area (Å²) in [4.78, 5) is 21.8. The number of rotatable bonds is 7. The van der Waals surface area contributed by atoms with Crippen LogP contribution in [0.5, 0.6) is 11.5 Å². The number of hydrogen-bond donors (Lipinski definition) is 2. The summed E-state index contributed by atoms with van der Waals surface area (Å²) in [5.41, 5.74) is 2.68. The molecule has 0 bridgehead atoms. The van der Waals surface area contributed by atoms with Gasteiger partial charge < -0.3 is 25.0 Å². The number of ether oxygens (including phenoxy) is 2. The quantitative estimate of drug-likeness (QED) is 0.559. The highest BCUT2D eigenvalue weighted by atomic mass is 16.5. The summed E-state index contributed by atoms with van der Waals surface area (Å²) in [5, 5.41) is 7.49. The summed E-state index contributed by atoms with van der Waals surface area (Å²) in [7, 11) is 2.11. The number of carbonyl (C=O) groups excluding carboxylic acids is 1. The highest BCUT2D eigenvalue weighted by Gasteiger charge is 2.28. The first-order valence-corrected chi connectivity index (χ1v) is 11.9. The molecule has 2 aliphatic rings. The van der Waals surface area contributed by atoms with E-state index >= 15 is 0 Å². The smallest absolute Gasteiger partial charge is 0.238 e. The van der Waals surface area contributed by atoms with E-state index in [9.17, 15) is 4.79 Å². The Balaban J connectivity index is 1.25. The van der Waals surface area contributed by atoms with Gasteiger partial charge in [-0.1, -0.05) is 6.07 Å².